The van der Waals surface area contributed by atoms with Crippen LogP contribution in [0.4, 0.5) is 15.8 Å². The first kappa shape index (κ1) is 13.6. The maximum absolute atomic E-state index is 13.4. The molecule has 0 bridgehead atoms. The zero-order valence-corrected chi connectivity index (χ0v) is 9.22. The number of hydrogen-bond acceptors (Lipinski definition) is 6. The number of halogens is 1. The minimum absolute atomic E-state index is 0.367. The van der Waals surface area contributed by atoms with Crippen molar-refractivity contribution in [3.05, 3.63) is 45.4 Å². The van der Waals surface area contributed by atoms with Crippen LogP contribution in [0.2, 0.25) is 0 Å². The van der Waals surface area contributed by atoms with Crippen LogP contribution >= 0.6 is 0 Å². The highest BCUT2D eigenvalue weighted by Gasteiger charge is 2.13. The van der Waals surface area contributed by atoms with Crippen molar-refractivity contribution >= 4 is 11.4 Å². The van der Waals surface area contributed by atoms with E-state index in [-0.39, 0.29) is 5.69 Å². The first-order valence-electron chi connectivity index (χ1n) is 4.69. The van der Waals surface area contributed by atoms with Crippen LogP contribution in [0.25, 0.3) is 0 Å². The number of nitro benzene ring substituents is 1. The van der Waals surface area contributed by atoms with Gasteiger partial charge in [-0.1, -0.05) is 0 Å². The van der Waals surface area contributed by atoms with Gasteiger partial charge in [-0.2, -0.15) is 15.8 Å². The van der Waals surface area contributed by atoms with Crippen molar-refractivity contribution in [3.8, 4) is 18.2 Å². The predicted molar refractivity (Wildman–Crippen MR) is 60.5 cm³/mol. The highest BCUT2D eigenvalue weighted by Crippen LogP contribution is 2.23. The van der Waals surface area contributed by atoms with Crippen molar-refractivity contribution in [3.63, 3.8) is 0 Å². The molecule has 1 N–H and O–H groups in total. The van der Waals surface area contributed by atoms with Crippen LogP contribution in [-0.2, 0) is 0 Å². The summed E-state index contributed by atoms with van der Waals surface area (Å²) in [5, 5.41) is 38.7. The number of nitrogens with one attached hydrogen (secondary N) is 1. The summed E-state index contributed by atoms with van der Waals surface area (Å²) in [6.45, 7) is 0. The smallest absolute Gasteiger partial charge is 0.271 e. The van der Waals surface area contributed by atoms with Gasteiger partial charge in [0.1, 0.15) is 29.7 Å². The number of nitro groups is 1. The number of allylic oxidation sites excluding steroid dienone is 2. The van der Waals surface area contributed by atoms with Gasteiger partial charge in [0, 0.05) is 12.1 Å². The monoisotopic (exact) mass is 257 g/mol. The fourth-order valence-electron chi connectivity index (χ4n) is 1.14. The van der Waals surface area contributed by atoms with Gasteiger partial charge in [-0.3, -0.25) is 10.1 Å². The van der Waals surface area contributed by atoms with Crippen molar-refractivity contribution < 1.29 is 9.31 Å². The van der Waals surface area contributed by atoms with E-state index < -0.39 is 27.7 Å². The Kier molecular flexibility index (Phi) is 4.13. The van der Waals surface area contributed by atoms with E-state index in [4.69, 9.17) is 15.8 Å². The minimum atomic E-state index is -0.853. The number of benzene rings is 1. The lowest BCUT2D eigenvalue weighted by molar-refractivity contribution is -0.384. The van der Waals surface area contributed by atoms with E-state index in [9.17, 15) is 14.5 Å². The quantitative estimate of drug-likeness (QED) is 0.501. The summed E-state index contributed by atoms with van der Waals surface area (Å²) in [4.78, 5) is 9.80. The third kappa shape index (κ3) is 3.02. The second-order valence-electron chi connectivity index (χ2n) is 3.13. The zero-order chi connectivity index (χ0) is 14.4. The highest BCUT2D eigenvalue weighted by atomic mass is 19.1. The van der Waals surface area contributed by atoms with E-state index >= 15 is 0 Å². The standard InChI is InChI=1S/C11H4FN5O2/c12-9-2-1-8(17(18)19)3-10(9)16-11(6-15)7(4-13)5-14/h1-3,16H. The maximum atomic E-state index is 13.4. The molecule has 0 amide bonds. The predicted octanol–water partition coefficient (Wildman–Crippen LogP) is 1.97. The van der Waals surface area contributed by atoms with Crippen molar-refractivity contribution in [1.29, 1.82) is 15.8 Å². The Morgan fingerprint density at radius 1 is 1.26 bits per heavy atom. The highest BCUT2D eigenvalue weighted by molar-refractivity contribution is 5.61. The van der Waals surface area contributed by atoms with E-state index in [0.29, 0.717) is 0 Å². The number of non-ortho nitro benzene ring substituents is 1. The molecule has 0 atom stereocenters. The summed E-state index contributed by atoms with van der Waals surface area (Å²) in [6.07, 6.45) is 0. The number of rotatable bonds is 3. The molecule has 0 saturated heterocycles. The van der Waals surface area contributed by atoms with Crippen LogP contribution < -0.4 is 5.32 Å². The fraction of sp³-hybridized carbons (Fsp3) is 0. The van der Waals surface area contributed by atoms with Crippen molar-refractivity contribution in [2.24, 2.45) is 0 Å². The summed E-state index contributed by atoms with van der Waals surface area (Å²) in [5.74, 6) is -0.853. The zero-order valence-electron chi connectivity index (χ0n) is 9.22. The molecular weight excluding hydrogens is 253 g/mol. The first-order valence-corrected chi connectivity index (χ1v) is 4.69. The average molecular weight is 257 g/mol. The third-order valence-corrected chi connectivity index (χ3v) is 2.01. The van der Waals surface area contributed by atoms with Gasteiger partial charge in [0.2, 0.25) is 0 Å². The fourth-order valence-corrected chi connectivity index (χ4v) is 1.14. The molecule has 1 rings (SSSR count). The lowest BCUT2D eigenvalue weighted by atomic mass is 10.2. The molecule has 1 aromatic rings. The molecule has 0 heterocycles. The van der Waals surface area contributed by atoms with E-state index in [2.05, 4.69) is 5.32 Å². The van der Waals surface area contributed by atoms with Gasteiger partial charge in [0.15, 0.2) is 5.57 Å². The van der Waals surface area contributed by atoms with E-state index in [1.807, 2.05) is 0 Å². The normalized spacial score (nSPS) is 8.53. The molecule has 0 aliphatic heterocycles. The van der Waals surface area contributed by atoms with Crippen LogP contribution in [0.15, 0.2) is 29.5 Å². The molecule has 0 aromatic heterocycles. The largest absolute Gasteiger partial charge is 0.343 e. The van der Waals surface area contributed by atoms with Crippen LogP contribution in [-0.4, -0.2) is 4.92 Å². The maximum Gasteiger partial charge on any atom is 0.271 e. The van der Waals surface area contributed by atoms with Gasteiger partial charge in [-0.15, -0.1) is 0 Å². The summed E-state index contributed by atoms with van der Waals surface area (Å²) in [5.41, 5.74) is -1.79. The Bertz CT molecular complexity index is 675. The molecule has 92 valence electrons. The van der Waals surface area contributed by atoms with E-state index in [1.165, 1.54) is 18.2 Å². The summed E-state index contributed by atoms with van der Waals surface area (Å²) < 4.78 is 13.4. The van der Waals surface area contributed by atoms with Gasteiger partial charge in [0.05, 0.1) is 10.6 Å². The van der Waals surface area contributed by atoms with E-state index in [0.717, 1.165) is 18.2 Å². The first-order chi connectivity index (χ1) is 9.03. The number of anilines is 1. The number of hydrogen-bond donors (Lipinski definition) is 1. The molecule has 0 fully saturated rings. The lowest BCUT2D eigenvalue weighted by Gasteiger charge is -2.05. The van der Waals surface area contributed by atoms with Crippen molar-refractivity contribution in [2.45, 2.75) is 0 Å². The summed E-state index contributed by atoms with van der Waals surface area (Å²) >= 11 is 0. The van der Waals surface area contributed by atoms with Gasteiger partial charge in [-0.05, 0) is 6.07 Å². The molecule has 0 aliphatic rings. The molecule has 0 aliphatic carbocycles. The third-order valence-electron chi connectivity index (χ3n) is 2.01. The second-order valence-corrected chi connectivity index (χ2v) is 3.13. The Hall–Kier alpha value is -3.44. The van der Waals surface area contributed by atoms with Crippen LogP contribution in [0, 0.1) is 49.9 Å². The van der Waals surface area contributed by atoms with Gasteiger partial charge >= 0.3 is 0 Å². The Morgan fingerprint density at radius 2 is 1.89 bits per heavy atom. The average Bonchev–Trinajstić information content (AvgIpc) is 2.40. The Balaban J connectivity index is 3.27. The second kappa shape index (κ2) is 5.76. The number of nitriles is 3. The van der Waals surface area contributed by atoms with Crippen molar-refractivity contribution in [2.75, 3.05) is 5.32 Å². The van der Waals surface area contributed by atoms with Crippen molar-refractivity contribution in [1.82, 2.24) is 0 Å². The molecule has 1 aromatic carbocycles. The molecule has 0 saturated carbocycles. The molecule has 8 heteroatoms. The molecule has 0 unspecified atom stereocenters. The summed E-state index contributed by atoms with van der Waals surface area (Å²) in [7, 11) is 0. The van der Waals surface area contributed by atoms with Crippen LogP contribution in [0.3, 0.4) is 0 Å². The topological polar surface area (TPSA) is 127 Å². The Labute approximate surface area is 106 Å². The van der Waals surface area contributed by atoms with E-state index in [1.54, 1.807) is 0 Å². The van der Waals surface area contributed by atoms with Crippen LogP contribution in [0.5, 0.6) is 0 Å². The molecule has 19 heavy (non-hydrogen) atoms. The minimum Gasteiger partial charge on any atom is -0.343 e. The van der Waals surface area contributed by atoms with Gasteiger partial charge < -0.3 is 5.32 Å². The van der Waals surface area contributed by atoms with Crippen LogP contribution in [0.1, 0.15) is 0 Å². The molecule has 7 nitrogen and oxygen atoms in total. The Morgan fingerprint density at radius 3 is 2.37 bits per heavy atom. The van der Waals surface area contributed by atoms with Gasteiger partial charge in [0.25, 0.3) is 5.69 Å². The van der Waals surface area contributed by atoms with Gasteiger partial charge in [-0.25, -0.2) is 4.39 Å². The molecule has 0 radical (unpaired) electrons. The molecule has 0 spiro atoms. The summed E-state index contributed by atoms with van der Waals surface area (Å²) in [6, 6.07) is 7.08. The molecular formula is C11H4FN5O2. The lowest BCUT2D eigenvalue weighted by Crippen LogP contribution is -2.03. The SMILES string of the molecule is N#CC(C#N)=C(C#N)Nc1cc([N+](=O)[O-])ccc1F. The number of nitrogens with zero attached hydrogens (tertiary/aromatic N) is 4.